The molecule has 1 aromatic rings. The van der Waals surface area contributed by atoms with Crippen LogP contribution in [0.25, 0.3) is 0 Å². The smallest absolute Gasteiger partial charge is 0.334 e. The molecule has 1 saturated carbocycles. The van der Waals surface area contributed by atoms with Gasteiger partial charge in [0.1, 0.15) is 17.5 Å². The van der Waals surface area contributed by atoms with E-state index in [9.17, 15) is 14.9 Å². The second-order valence-electron chi connectivity index (χ2n) is 6.47. The van der Waals surface area contributed by atoms with Crippen LogP contribution in [-0.2, 0) is 9.53 Å². The fourth-order valence-electron chi connectivity index (χ4n) is 2.87. The molecule has 1 fully saturated rings. The SMILES string of the molecule is COC(=O)C=C1NCC([N+](=O)[O-])=C(NC(C)c2cnc(Cl)c(Cl)c2)N1C1CC1. The summed E-state index contributed by atoms with van der Waals surface area (Å²) in [6, 6.07) is 1.38. The molecule has 0 spiro atoms. The molecular formula is C17H19Cl2N5O4. The Kier molecular flexibility index (Phi) is 5.95. The number of nitro groups is 1. The number of carbonyl (C=O) groups excluding carboxylic acids is 1. The van der Waals surface area contributed by atoms with Gasteiger partial charge in [0.25, 0.3) is 0 Å². The molecule has 11 heteroatoms. The number of methoxy groups -OCH3 is 1. The first kappa shape index (κ1) is 20.2. The standard InChI is InChI=1S/C17H19Cl2N5O4/c1-9(10-5-12(18)16(19)21-7-10)22-17-13(24(26)27)8-20-14(6-15(25)28-2)23(17)11-3-4-11/h5-7,9,11,20,22H,3-4,8H2,1-2H3. The summed E-state index contributed by atoms with van der Waals surface area (Å²) in [5.41, 5.74) is 0.700. The minimum absolute atomic E-state index is 0.0196. The Morgan fingerprint density at radius 1 is 1.54 bits per heavy atom. The molecule has 1 aliphatic carbocycles. The Morgan fingerprint density at radius 2 is 2.25 bits per heavy atom. The van der Waals surface area contributed by atoms with Crippen LogP contribution in [0.15, 0.2) is 35.7 Å². The van der Waals surface area contributed by atoms with Gasteiger partial charge in [0.05, 0.1) is 29.2 Å². The Morgan fingerprint density at radius 3 is 2.82 bits per heavy atom. The highest BCUT2D eigenvalue weighted by Crippen LogP contribution is 2.36. The minimum Gasteiger partial charge on any atom is -0.466 e. The molecule has 0 aromatic carbocycles. The number of hydrogen-bond acceptors (Lipinski definition) is 8. The van der Waals surface area contributed by atoms with E-state index in [1.165, 1.54) is 13.2 Å². The van der Waals surface area contributed by atoms with Crippen molar-refractivity contribution in [2.75, 3.05) is 13.7 Å². The first-order valence-electron chi connectivity index (χ1n) is 8.59. The number of nitrogens with zero attached hydrogens (tertiary/aromatic N) is 3. The van der Waals surface area contributed by atoms with Crippen LogP contribution in [0.5, 0.6) is 0 Å². The lowest BCUT2D eigenvalue weighted by Crippen LogP contribution is -2.46. The van der Waals surface area contributed by atoms with E-state index in [1.54, 1.807) is 17.2 Å². The van der Waals surface area contributed by atoms with Gasteiger partial charge in [0, 0.05) is 12.2 Å². The Hall–Kier alpha value is -2.52. The normalized spacial score (nSPS) is 19.3. The minimum atomic E-state index is -0.543. The summed E-state index contributed by atoms with van der Waals surface area (Å²) in [5.74, 6) is 0.251. The summed E-state index contributed by atoms with van der Waals surface area (Å²) in [6.07, 6.45) is 4.58. The first-order valence-corrected chi connectivity index (χ1v) is 9.35. The zero-order valence-corrected chi connectivity index (χ0v) is 16.8. The predicted molar refractivity (Wildman–Crippen MR) is 103 cm³/mol. The number of nitrogens with one attached hydrogen (secondary N) is 2. The van der Waals surface area contributed by atoms with Crippen LogP contribution >= 0.6 is 23.2 Å². The molecule has 150 valence electrons. The first-order chi connectivity index (χ1) is 13.3. The van der Waals surface area contributed by atoms with E-state index in [0.717, 1.165) is 18.4 Å². The molecule has 2 aliphatic rings. The number of ether oxygens (including phenoxy) is 1. The number of hydrogen-bond donors (Lipinski definition) is 2. The van der Waals surface area contributed by atoms with Crippen LogP contribution in [0.4, 0.5) is 0 Å². The Balaban J connectivity index is 1.97. The van der Waals surface area contributed by atoms with Crippen molar-refractivity contribution in [3.63, 3.8) is 0 Å². The Labute approximate surface area is 171 Å². The van der Waals surface area contributed by atoms with Crippen LogP contribution < -0.4 is 10.6 Å². The summed E-state index contributed by atoms with van der Waals surface area (Å²) < 4.78 is 4.70. The fourth-order valence-corrected chi connectivity index (χ4v) is 3.15. The van der Waals surface area contributed by atoms with E-state index >= 15 is 0 Å². The van der Waals surface area contributed by atoms with Gasteiger partial charge in [-0.05, 0) is 31.4 Å². The summed E-state index contributed by atoms with van der Waals surface area (Å²) in [6.45, 7) is 1.80. The molecule has 0 bridgehead atoms. The van der Waals surface area contributed by atoms with Crippen molar-refractivity contribution < 1.29 is 14.5 Å². The summed E-state index contributed by atoms with van der Waals surface area (Å²) in [4.78, 5) is 28.7. The third kappa shape index (κ3) is 4.31. The zero-order chi connectivity index (χ0) is 20.4. The maximum absolute atomic E-state index is 11.7. The predicted octanol–water partition coefficient (Wildman–Crippen LogP) is 2.57. The van der Waals surface area contributed by atoms with Crippen molar-refractivity contribution >= 4 is 29.2 Å². The molecule has 2 N–H and O–H groups in total. The van der Waals surface area contributed by atoms with Crippen molar-refractivity contribution in [3.8, 4) is 0 Å². The number of esters is 1. The van der Waals surface area contributed by atoms with Crippen LogP contribution in [0, 0.1) is 10.1 Å². The van der Waals surface area contributed by atoms with Crippen LogP contribution in [-0.4, -0.2) is 40.5 Å². The van der Waals surface area contributed by atoms with E-state index in [0.29, 0.717) is 16.7 Å². The van der Waals surface area contributed by atoms with Crippen molar-refractivity contribution in [2.24, 2.45) is 0 Å². The molecule has 0 radical (unpaired) electrons. The molecule has 0 saturated heterocycles. The van der Waals surface area contributed by atoms with E-state index in [-0.39, 0.29) is 29.5 Å². The van der Waals surface area contributed by atoms with Gasteiger partial charge >= 0.3 is 11.7 Å². The number of halogens is 2. The largest absolute Gasteiger partial charge is 0.466 e. The third-order valence-electron chi connectivity index (χ3n) is 4.47. The summed E-state index contributed by atoms with van der Waals surface area (Å²) in [7, 11) is 1.28. The molecule has 1 unspecified atom stereocenters. The number of carbonyl (C=O) groups is 1. The van der Waals surface area contributed by atoms with Gasteiger partial charge in [-0.2, -0.15) is 0 Å². The summed E-state index contributed by atoms with van der Waals surface area (Å²) in [5, 5.41) is 18.3. The lowest BCUT2D eigenvalue weighted by Gasteiger charge is -2.35. The highest BCUT2D eigenvalue weighted by Gasteiger charge is 2.41. The average Bonchev–Trinajstić information content (AvgIpc) is 3.48. The van der Waals surface area contributed by atoms with Crippen LogP contribution in [0.2, 0.25) is 10.2 Å². The number of pyridine rings is 1. The quantitative estimate of drug-likeness (QED) is 0.234. The lowest BCUT2D eigenvalue weighted by atomic mass is 10.1. The topological polar surface area (TPSA) is 110 Å². The van der Waals surface area contributed by atoms with Crippen LogP contribution in [0.1, 0.15) is 31.4 Å². The van der Waals surface area contributed by atoms with Gasteiger partial charge in [0.2, 0.25) is 0 Å². The van der Waals surface area contributed by atoms with Crippen LogP contribution in [0.3, 0.4) is 0 Å². The van der Waals surface area contributed by atoms with Crippen molar-refractivity contribution in [2.45, 2.75) is 31.8 Å². The van der Waals surface area contributed by atoms with Gasteiger partial charge in [0.15, 0.2) is 5.82 Å². The van der Waals surface area contributed by atoms with E-state index < -0.39 is 10.9 Å². The number of aromatic nitrogens is 1. The molecule has 9 nitrogen and oxygen atoms in total. The van der Waals surface area contributed by atoms with Crippen molar-refractivity contribution in [3.05, 3.63) is 61.5 Å². The van der Waals surface area contributed by atoms with E-state index in [4.69, 9.17) is 27.9 Å². The monoisotopic (exact) mass is 427 g/mol. The van der Waals surface area contributed by atoms with Gasteiger partial charge in [-0.25, -0.2) is 9.78 Å². The van der Waals surface area contributed by atoms with Gasteiger partial charge < -0.3 is 20.3 Å². The molecule has 28 heavy (non-hydrogen) atoms. The maximum Gasteiger partial charge on any atom is 0.334 e. The summed E-state index contributed by atoms with van der Waals surface area (Å²) >= 11 is 11.9. The van der Waals surface area contributed by atoms with Gasteiger partial charge in [-0.15, -0.1) is 0 Å². The van der Waals surface area contributed by atoms with Crippen molar-refractivity contribution in [1.29, 1.82) is 0 Å². The molecule has 2 heterocycles. The second-order valence-corrected chi connectivity index (χ2v) is 7.23. The molecule has 1 atom stereocenters. The fraction of sp³-hybridized carbons (Fsp3) is 0.412. The molecular weight excluding hydrogens is 409 g/mol. The van der Waals surface area contributed by atoms with Gasteiger partial charge in [-0.1, -0.05) is 23.2 Å². The van der Waals surface area contributed by atoms with Gasteiger partial charge in [-0.3, -0.25) is 10.1 Å². The molecule has 1 aromatic heterocycles. The highest BCUT2D eigenvalue weighted by molar-refractivity contribution is 6.41. The van der Waals surface area contributed by atoms with E-state index in [2.05, 4.69) is 15.6 Å². The molecule has 3 rings (SSSR count). The maximum atomic E-state index is 11.7. The third-order valence-corrected chi connectivity index (χ3v) is 5.16. The average molecular weight is 428 g/mol. The number of rotatable bonds is 6. The molecule has 0 amide bonds. The zero-order valence-electron chi connectivity index (χ0n) is 15.2. The van der Waals surface area contributed by atoms with E-state index in [1.807, 2.05) is 6.92 Å². The lowest BCUT2D eigenvalue weighted by molar-refractivity contribution is -0.429. The molecule has 1 aliphatic heterocycles. The second kappa shape index (κ2) is 8.24. The van der Waals surface area contributed by atoms with Crippen molar-refractivity contribution in [1.82, 2.24) is 20.5 Å². The Bertz CT molecular complexity index is 869. The highest BCUT2D eigenvalue weighted by atomic mass is 35.5.